The number of likely N-dealkylation sites (tertiary alicyclic amines) is 2. The average Bonchev–Trinajstić information content (AvgIpc) is 3.81. The van der Waals surface area contributed by atoms with Crippen molar-refractivity contribution in [2.75, 3.05) is 51.0 Å². The summed E-state index contributed by atoms with van der Waals surface area (Å²) in [5.74, 6) is -1.87. The predicted octanol–water partition coefficient (Wildman–Crippen LogP) is 3.69. The number of ether oxygens (including phenoxy) is 2. The molecule has 0 radical (unpaired) electrons. The minimum Gasteiger partial charge on any atom is -0.453 e. The van der Waals surface area contributed by atoms with Gasteiger partial charge in [0.05, 0.1) is 26.1 Å². The number of nitrogens with one attached hydrogen (secondary N) is 4. The second-order valence-corrected chi connectivity index (χ2v) is 13.4. The van der Waals surface area contributed by atoms with E-state index in [-0.39, 0.29) is 60.4 Å². The van der Waals surface area contributed by atoms with E-state index in [2.05, 4.69) is 30.7 Å². The Kier molecular flexibility index (Phi) is 12.8. The Morgan fingerprint density at radius 2 is 0.940 bits per heavy atom. The van der Waals surface area contributed by atoms with E-state index in [1.807, 2.05) is 76.2 Å². The molecule has 0 aliphatic carbocycles. The molecule has 6 amide bonds. The van der Waals surface area contributed by atoms with Crippen LogP contribution >= 0.6 is 0 Å². The van der Waals surface area contributed by atoms with Gasteiger partial charge < -0.3 is 40.5 Å². The van der Waals surface area contributed by atoms with Crippen LogP contribution in [0.4, 0.5) is 21.0 Å². The van der Waals surface area contributed by atoms with Crippen molar-refractivity contribution in [3.8, 4) is 11.1 Å². The maximum atomic E-state index is 13.1. The highest BCUT2D eigenvalue weighted by Gasteiger charge is 2.37. The van der Waals surface area contributed by atoms with Gasteiger partial charge in [-0.3, -0.25) is 19.2 Å². The molecular weight excluding hydrogens is 644 g/mol. The first-order chi connectivity index (χ1) is 23.8. The molecule has 2 aliphatic heterocycles. The van der Waals surface area contributed by atoms with Crippen LogP contribution in [0.15, 0.2) is 48.5 Å². The van der Waals surface area contributed by atoms with Gasteiger partial charge >= 0.3 is 12.2 Å². The minimum atomic E-state index is -0.737. The predicted molar refractivity (Wildman–Crippen MR) is 187 cm³/mol. The van der Waals surface area contributed by atoms with Crippen LogP contribution in [0.5, 0.6) is 0 Å². The van der Waals surface area contributed by atoms with Gasteiger partial charge in [-0.15, -0.1) is 0 Å². The molecule has 2 aromatic carbocycles. The molecule has 14 heteroatoms. The van der Waals surface area contributed by atoms with Gasteiger partial charge in [0.2, 0.25) is 23.6 Å². The molecule has 2 aromatic rings. The Morgan fingerprint density at radius 1 is 0.600 bits per heavy atom. The Morgan fingerprint density at radius 3 is 1.24 bits per heavy atom. The Balaban J connectivity index is 1.27. The standard InChI is InChI=1S/C36H48N6O8/c1-21(2)29(39-35(47)49-5)33(45)41-17-15-25(19-41)31(43)37-27-11-7-23(8-12-27)24-9-13-28(14-10-24)38-32(44)26-16-18-42(20-26)34(46)30(22(3)4)40-36(48)50-6/h7-14,21-22,25-26,29-30H,15-20H2,1-6H3,(H,37,43)(H,38,44)(H,39,47)(H,40,48)/t25-,26+,29+,30-. The van der Waals surface area contributed by atoms with Crippen molar-refractivity contribution in [3.05, 3.63) is 48.5 Å². The number of hydrogen-bond donors (Lipinski definition) is 4. The van der Waals surface area contributed by atoms with Crippen molar-refractivity contribution in [2.45, 2.75) is 52.6 Å². The molecule has 0 bridgehead atoms. The third kappa shape index (κ3) is 9.51. The van der Waals surface area contributed by atoms with Crippen LogP contribution in [0, 0.1) is 23.7 Å². The third-order valence-corrected chi connectivity index (χ3v) is 9.16. The number of benzene rings is 2. The number of hydrogen-bond acceptors (Lipinski definition) is 8. The zero-order valence-corrected chi connectivity index (χ0v) is 29.5. The van der Waals surface area contributed by atoms with Crippen molar-refractivity contribution in [1.29, 1.82) is 0 Å². The highest BCUT2D eigenvalue weighted by atomic mass is 16.5. The first-order valence-electron chi connectivity index (χ1n) is 16.9. The van der Waals surface area contributed by atoms with Crippen molar-refractivity contribution < 1.29 is 38.2 Å². The molecule has 0 unspecified atom stereocenters. The fourth-order valence-corrected chi connectivity index (χ4v) is 6.12. The summed E-state index contributed by atoms with van der Waals surface area (Å²) in [6, 6.07) is 13.3. The van der Waals surface area contributed by atoms with Crippen LogP contribution in [0.1, 0.15) is 40.5 Å². The summed E-state index contributed by atoms with van der Waals surface area (Å²) in [6.45, 7) is 8.72. The van der Waals surface area contributed by atoms with Crippen LogP contribution in [0.2, 0.25) is 0 Å². The summed E-state index contributed by atoms with van der Waals surface area (Å²) in [5, 5.41) is 11.1. The maximum Gasteiger partial charge on any atom is 0.407 e. The molecule has 270 valence electrons. The van der Waals surface area contributed by atoms with Crippen molar-refractivity contribution in [2.24, 2.45) is 23.7 Å². The lowest BCUT2D eigenvalue weighted by molar-refractivity contribution is -0.134. The first kappa shape index (κ1) is 37.7. The van der Waals surface area contributed by atoms with Crippen LogP contribution in [0.3, 0.4) is 0 Å². The number of anilines is 2. The van der Waals surface area contributed by atoms with Crippen molar-refractivity contribution in [3.63, 3.8) is 0 Å². The SMILES string of the molecule is COC(=O)N[C@H](C(=O)N1CC[C@@H](C(=O)Nc2ccc(-c3ccc(NC(=O)[C@H]4CCN(C(=O)[C@H](NC(=O)OC)C(C)C)C4)cc3)cc2)C1)C(C)C. The van der Waals surface area contributed by atoms with Gasteiger partial charge in [-0.2, -0.15) is 0 Å². The Labute approximate surface area is 292 Å². The van der Waals surface area contributed by atoms with E-state index >= 15 is 0 Å². The maximum absolute atomic E-state index is 13.1. The molecular formula is C36H48N6O8. The zero-order valence-electron chi connectivity index (χ0n) is 29.5. The van der Waals surface area contributed by atoms with E-state index in [0.29, 0.717) is 37.3 Å². The molecule has 0 saturated carbocycles. The first-order valence-corrected chi connectivity index (χ1v) is 16.9. The fourth-order valence-electron chi connectivity index (χ4n) is 6.12. The highest BCUT2D eigenvalue weighted by Crippen LogP contribution is 2.26. The number of nitrogens with zero attached hydrogens (tertiary/aromatic N) is 2. The number of rotatable bonds is 11. The second kappa shape index (κ2) is 17.0. The van der Waals surface area contributed by atoms with Crippen LogP contribution in [0.25, 0.3) is 11.1 Å². The van der Waals surface area contributed by atoms with E-state index < -0.39 is 24.3 Å². The van der Waals surface area contributed by atoms with Gasteiger partial charge in [-0.05, 0) is 60.1 Å². The van der Waals surface area contributed by atoms with Gasteiger partial charge in [-0.25, -0.2) is 9.59 Å². The van der Waals surface area contributed by atoms with Gasteiger partial charge in [0, 0.05) is 37.6 Å². The molecule has 4 rings (SSSR count). The van der Waals surface area contributed by atoms with Gasteiger partial charge in [0.15, 0.2) is 0 Å². The number of carbonyl (C=O) groups is 6. The van der Waals surface area contributed by atoms with E-state index in [1.54, 1.807) is 9.80 Å². The van der Waals surface area contributed by atoms with E-state index in [4.69, 9.17) is 0 Å². The lowest BCUT2D eigenvalue weighted by Crippen LogP contribution is -2.50. The number of carbonyl (C=O) groups excluding carboxylic acids is 6. The normalized spacial score (nSPS) is 18.3. The van der Waals surface area contributed by atoms with E-state index in [0.717, 1.165) is 11.1 Å². The summed E-state index contributed by atoms with van der Waals surface area (Å²) < 4.78 is 9.30. The number of methoxy groups -OCH3 is 2. The number of alkyl carbamates (subject to hydrolysis) is 2. The van der Waals surface area contributed by atoms with Crippen LogP contribution in [-0.2, 0) is 28.7 Å². The van der Waals surface area contributed by atoms with Crippen LogP contribution < -0.4 is 21.3 Å². The smallest absolute Gasteiger partial charge is 0.407 e. The van der Waals surface area contributed by atoms with E-state index in [1.165, 1.54) is 14.2 Å². The molecule has 2 aliphatic rings. The summed E-state index contributed by atoms with van der Waals surface area (Å²) in [5.41, 5.74) is 3.09. The summed E-state index contributed by atoms with van der Waals surface area (Å²) in [6.07, 6.45) is -0.308. The molecule has 4 N–H and O–H groups in total. The molecule has 2 saturated heterocycles. The fraction of sp³-hybridized carbons (Fsp3) is 0.500. The van der Waals surface area contributed by atoms with Gasteiger partial charge in [0.25, 0.3) is 0 Å². The summed E-state index contributed by atoms with van der Waals surface area (Å²) in [7, 11) is 2.49. The number of amides is 6. The zero-order chi connectivity index (χ0) is 36.5. The minimum absolute atomic E-state index is 0.146. The molecule has 2 heterocycles. The molecule has 4 atom stereocenters. The lowest BCUT2D eigenvalue weighted by Gasteiger charge is -2.26. The molecule has 0 spiro atoms. The monoisotopic (exact) mass is 692 g/mol. The average molecular weight is 693 g/mol. The quantitative estimate of drug-likeness (QED) is 0.276. The lowest BCUT2D eigenvalue weighted by atomic mass is 10.0. The summed E-state index contributed by atoms with van der Waals surface area (Å²) in [4.78, 5) is 78.8. The third-order valence-electron chi connectivity index (χ3n) is 9.16. The van der Waals surface area contributed by atoms with Crippen molar-refractivity contribution >= 4 is 47.2 Å². The Bertz CT molecular complexity index is 1430. The molecule has 50 heavy (non-hydrogen) atoms. The van der Waals surface area contributed by atoms with Gasteiger partial charge in [0.1, 0.15) is 12.1 Å². The largest absolute Gasteiger partial charge is 0.453 e. The van der Waals surface area contributed by atoms with Crippen molar-refractivity contribution in [1.82, 2.24) is 20.4 Å². The molecule has 2 fully saturated rings. The van der Waals surface area contributed by atoms with E-state index in [9.17, 15) is 28.8 Å². The topological polar surface area (TPSA) is 175 Å². The van der Waals surface area contributed by atoms with Crippen LogP contribution in [-0.4, -0.2) is 98.1 Å². The Hall–Kier alpha value is -5.14. The van der Waals surface area contributed by atoms with Gasteiger partial charge in [-0.1, -0.05) is 52.0 Å². The highest BCUT2D eigenvalue weighted by molar-refractivity contribution is 5.95. The second-order valence-electron chi connectivity index (χ2n) is 13.4. The molecule has 14 nitrogen and oxygen atoms in total. The molecule has 0 aromatic heterocycles. The summed E-state index contributed by atoms with van der Waals surface area (Å²) >= 11 is 0.